The van der Waals surface area contributed by atoms with Crippen LogP contribution in [0.15, 0.2) is 97.2 Å². The van der Waals surface area contributed by atoms with Gasteiger partial charge in [-0.05, 0) is 42.3 Å². The zero-order valence-corrected chi connectivity index (χ0v) is 16.0. The Hall–Kier alpha value is -3.86. The zero-order chi connectivity index (χ0) is 19.7. The molecule has 0 aliphatic heterocycles. The molecule has 5 nitrogen and oxygen atoms in total. The summed E-state index contributed by atoms with van der Waals surface area (Å²) in [6.07, 6.45) is 2.67. The molecule has 1 aromatic heterocycles. The van der Waals surface area contributed by atoms with Gasteiger partial charge in [0, 0.05) is 12.7 Å². The summed E-state index contributed by atoms with van der Waals surface area (Å²) in [5.41, 5.74) is 2.09. The molecule has 4 aromatic rings. The first-order valence-corrected chi connectivity index (χ1v) is 9.57. The largest absolute Gasteiger partial charge is 0.455 e. The number of rotatable bonds is 8. The van der Waals surface area contributed by atoms with Crippen molar-refractivity contribution in [3.63, 3.8) is 0 Å². The predicted molar refractivity (Wildman–Crippen MR) is 117 cm³/mol. The number of anilines is 3. The Morgan fingerprint density at radius 3 is 2.31 bits per heavy atom. The number of ether oxygens (including phenoxy) is 1. The molecular weight excluding hydrogens is 360 g/mol. The summed E-state index contributed by atoms with van der Waals surface area (Å²) in [7, 11) is 0. The molecule has 0 radical (unpaired) electrons. The molecule has 0 saturated heterocycles. The summed E-state index contributed by atoms with van der Waals surface area (Å²) in [6.45, 7) is 0.800. The third kappa shape index (κ3) is 5.32. The Balaban J connectivity index is 1.41. The highest BCUT2D eigenvalue weighted by Gasteiger charge is 2.07. The normalized spacial score (nSPS) is 10.3. The topological polar surface area (TPSA) is 59.1 Å². The maximum Gasteiger partial charge on any atom is 0.229 e. The van der Waals surface area contributed by atoms with Crippen LogP contribution >= 0.6 is 0 Å². The lowest BCUT2D eigenvalue weighted by atomic mass is 10.1. The fraction of sp³-hybridized carbons (Fsp3) is 0.0833. The minimum absolute atomic E-state index is 0.513. The van der Waals surface area contributed by atoms with Crippen LogP contribution in [0.1, 0.15) is 5.56 Å². The third-order valence-electron chi connectivity index (χ3n) is 4.32. The van der Waals surface area contributed by atoms with Gasteiger partial charge >= 0.3 is 0 Å². The Kier molecular flexibility index (Phi) is 5.98. The van der Waals surface area contributed by atoms with E-state index in [0.717, 1.165) is 30.2 Å². The van der Waals surface area contributed by atoms with Gasteiger partial charge in [-0.3, -0.25) is 0 Å². The van der Waals surface area contributed by atoms with E-state index in [1.165, 1.54) is 5.56 Å². The Morgan fingerprint density at radius 2 is 1.48 bits per heavy atom. The fourth-order valence-electron chi connectivity index (χ4n) is 2.89. The average Bonchev–Trinajstić information content (AvgIpc) is 2.77. The molecule has 29 heavy (non-hydrogen) atoms. The van der Waals surface area contributed by atoms with Gasteiger partial charge in [0.25, 0.3) is 0 Å². The van der Waals surface area contributed by atoms with E-state index in [-0.39, 0.29) is 0 Å². The number of nitrogens with zero attached hydrogens (tertiary/aromatic N) is 2. The van der Waals surface area contributed by atoms with Crippen molar-refractivity contribution >= 4 is 17.5 Å². The van der Waals surface area contributed by atoms with Gasteiger partial charge < -0.3 is 15.4 Å². The van der Waals surface area contributed by atoms with Gasteiger partial charge in [0.2, 0.25) is 5.95 Å². The van der Waals surface area contributed by atoms with Crippen molar-refractivity contribution in [1.29, 1.82) is 0 Å². The van der Waals surface area contributed by atoms with Crippen LogP contribution in [0.25, 0.3) is 0 Å². The van der Waals surface area contributed by atoms with Crippen molar-refractivity contribution in [2.45, 2.75) is 6.42 Å². The van der Waals surface area contributed by atoms with Crippen molar-refractivity contribution in [3.8, 4) is 11.5 Å². The lowest BCUT2D eigenvalue weighted by Crippen LogP contribution is -2.08. The van der Waals surface area contributed by atoms with Crippen LogP contribution in [0.4, 0.5) is 17.5 Å². The maximum absolute atomic E-state index is 5.99. The quantitative estimate of drug-likeness (QED) is 0.411. The van der Waals surface area contributed by atoms with Crippen molar-refractivity contribution in [2.24, 2.45) is 0 Å². The molecule has 0 fully saturated rings. The monoisotopic (exact) mass is 382 g/mol. The molecule has 0 atom stereocenters. The lowest BCUT2D eigenvalue weighted by molar-refractivity contribution is 0.485. The van der Waals surface area contributed by atoms with E-state index >= 15 is 0 Å². The second-order valence-corrected chi connectivity index (χ2v) is 6.46. The highest BCUT2D eigenvalue weighted by molar-refractivity contribution is 5.63. The van der Waals surface area contributed by atoms with Crippen molar-refractivity contribution < 1.29 is 4.74 Å². The van der Waals surface area contributed by atoms with Gasteiger partial charge in [0.05, 0.1) is 5.69 Å². The van der Waals surface area contributed by atoms with Crippen LogP contribution in [-0.2, 0) is 6.42 Å². The molecule has 5 heteroatoms. The summed E-state index contributed by atoms with van der Waals surface area (Å²) < 4.78 is 5.99. The van der Waals surface area contributed by atoms with E-state index in [4.69, 9.17) is 4.74 Å². The van der Waals surface area contributed by atoms with Crippen molar-refractivity contribution in [2.75, 3.05) is 17.2 Å². The highest BCUT2D eigenvalue weighted by atomic mass is 16.5. The summed E-state index contributed by atoms with van der Waals surface area (Å²) in [4.78, 5) is 8.89. The van der Waals surface area contributed by atoms with E-state index in [1.54, 1.807) is 6.20 Å². The Labute approximate surface area is 170 Å². The molecule has 0 saturated carbocycles. The fourth-order valence-corrected chi connectivity index (χ4v) is 2.89. The Morgan fingerprint density at radius 1 is 0.759 bits per heavy atom. The molecule has 0 aliphatic rings. The average molecular weight is 382 g/mol. The molecule has 0 aliphatic carbocycles. The zero-order valence-electron chi connectivity index (χ0n) is 16.0. The van der Waals surface area contributed by atoms with Crippen molar-refractivity contribution in [3.05, 3.63) is 103 Å². The molecule has 2 N–H and O–H groups in total. The third-order valence-corrected chi connectivity index (χ3v) is 4.32. The van der Waals surface area contributed by atoms with Crippen molar-refractivity contribution in [1.82, 2.24) is 9.97 Å². The van der Waals surface area contributed by atoms with Gasteiger partial charge in [-0.25, -0.2) is 4.98 Å². The van der Waals surface area contributed by atoms with Crippen LogP contribution in [0.2, 0.25) is 0 Å². The number of nitrogens with one attached hydrogen (secondary N) is 2. The molecule has 0 amide bonds. The van der Waals surface area contributed by atoms with Crippen LogP contribution < -0.4 is 15.4 Å². The molecule has 0 spiro atoms. The summed E-state index contributed by atoms with van der Waals surface area (Å²) in [5, 5.41) is 6.61. The minimum Gasteiger partial charge on any atom is -0.455 e. The van der Waals surface area contributed by atoms with Gasteiger partial charge in [-0.2, -0.15) is 4.98 Å². The van der Waals surface area contributed by atoms with Gasteiger partial charge in [0.15, 0.2) is 5.75 Å². The highest BCUT2D eigenvalue weighted by Crippen LogP contribution is 2.30. The first-order chi connectivity index (χ1) is 14.4. The smallest absolute Gasteiger partial charge is 0.229 e. The predicted octanol–water partition coefficient (Wildman–Crippen LogP) is 5.67. The molecule has 0 unspecified atom stereocenters. The maximum atomic E-state index is 5.99. The van der Waals surface area contributed by atoms with E-state index in [9.17, 15) is 0 Å². The second-order valence-electron chi connectivity index (χ2n) is 6.46. The van der Waals surface area contributed by atoms with Crippen LogP contribution in [-0.4, -0.2) is 16.5 Å². The molecule has 1 heterocycles. The number of hydrogen-bond donors (Lipinski definition) is 2. The first kappa shape index (κ1) is 18.5. The van der Waals surface area contributed by atoms with Crippen LogP contribution in [0.3, 0.4) is 0 Å². The molecule has 144 valence electrons. The summed E-state index contributed by atoms with van der Waals surface area (Å²) in [5.74, 6) is 2.78. The first-order valence-electron chi connectivity index (χ1n) is 9.57. The van der Waals surface area contributed by atoms with E-state index in [1.807, 2.05) is 66.7 Å². The number of benzene rings is 3. The van der Waals surface area contributed by atoms with Gasteiger partial charge in [0.1, 0.15) is 11.6 Å². The summed E-state index contributed by atoms with van der Waals surface area (Å²) in [6, 6.07) is 29.7. The molecule has 0 bridgehead atoms. The SMILES string of the molecule is c1ccc(CCNc2ccnc(Nc3ccccc3Oc3ccccc3)n2)cc1. The lowest BCUT2D eigenvalue weighted by Gasteiger charge is -2.13. The van der Waals surface area contributed by atoms with Crippen LogP contribution in [0, 0.1) is 0 Å². The molecule has 3 aromatic carbocycles. The minimum atomic E-state index is 0.513. The number of aromatic nitrogens is 2. The van der Waals surface area contributed by atoms with E-state index in [2.05, 4.69) is 44.9 Å². The van der Waals surface area contributed by atoms with Gasteiger partial charge in [-0.1, -0.05) is 60.7 Å². The van der Waals surface area contributed by atoms with Crippen LogP contribution in [0.5, 0.6) is 11.5 Å². The summed E-state index contributed by atoms with van der Waals surface area (Å²) >= 11 is 0. The van der Waals surface area contributed by atoms with E-state index < -0.39 is 0 Å². The molecule has 4 rings (SSSR count). The second kappa shape index (κ2) is 9.37. The molecular formula is C24H22N4O. The standard InChI is InChI=1S/C24H22N4O/c1-3-9-19(10-4-1)15-17-25-23-16-18-26-24(28-23)27-21-13-7-8-14-22(21)29-20-11-5-2-6-12-20/h1-14,16,18H,15,17H2,(H2,25,26,27,28). The van der Waals surface area contributed by atoms with E-state index in [0.29, 0.717) is 11.7 Å². The Bertz CT molecular complexity index is 1040. The van der Waals surface area contributed by atoms with Gasteiger partial charge in [-0.15, -0.1) is 0 Å². The number of para-hydroxylation sites is 3. The number of hydrogen-bond acceptors (Lipinski definition) is 5.